The molecule has 4 nitrogen and oxygen atoms in total. The largest absolute Gasteiger partial charge is 0.496 e. The third-order valence-electron chi connectivity index (χ3n) is 2.41. The van der Waals surface area contributed by atoms with Crippen LogP contribution < -0.4 is 4.74 Å². The van der Waals surface area contributed by atoms with E-state index in [2.05, 4.69) is 9.97 Å². The minimum Gasteiger partial charge on any atom is -0.496 e. The average molecular weight is 262 g/mol. The lowest BCUT2D eigenvalue weighted by molar-refractivity contribution is 0.191. The zero-order valence-corrected chi connectivity index (χ0v) is 11.0. The lowest BCUT2D eigenvalue weighted by Crippen LogP contribution is -1.99. The fraction of sp³-hybridized carbons (Fsp3) is 0.231. The maximum absolute atomic E-state index is 9.86. The second-order valence-corrected chi connectivity index (χ2v) is 4.69. The van der Waals surface area contributed by atoms with Crippen molar-refractivity contribution < 1.29 is 9.84 Å². The van der Waals surface area contributed by atoms with Crippen molar-refractivity contribution >= 4 is 11.8 Å². The van der Waals surface area contributed by atoms with Crippen LogP contribution >= 0.6 is 11.8 Å². The molecule has 0 saturated heterocycles. The van der Waals surface area contributed by atoms with E-state index in [1.807, 2.05) is 18.2 Å². The number of aliphatic hydroxyl groups is 1. The Morgan fingerprint density at radius 3 is 2.56 bits per heavy atom. The lowest BCUT2D eigenvalue weighted by atomic mass is 10.1. The molecule has 0 unspecified atom stereocenters. The van der Waals surface area contributed by atoms with Crippen LogP contribution in [0.25, 0.3) is 0 Å². The molecule has 1 heterocycles. The molecular weight excluding hydrogens is 248 g/mol. The number of methoxy groups -OCH3 is 1. The first kappa shape index (κ1) is 12.9. The molecule has 0 aliphatic heterocycles. The van der Waals surface area contributed by atoms with Gasteiger partial charge in [0.1, 0.15) is 5.75 Å². The Morgan fingerprint density at radius 1 is 1.22 bits per heavy atom. The van der Waals surface area contributed by atoms with Gasteiger partial charge in [-0.15, -0.1) is 0 Å². The quantitative estimate of drug-likeness (QED) is 0.858. The minimum absolute atomic E-state index is 0.604. The number of aliphatic hydroxyl groups excluding tert-OH is 1. The molecule has 0 radical (unpaired) electrons. The Hall–Kier alpha value is -1.59. The van der Waals surface area contributed by atoms with Crippen LogP contribution in [0.5, 0.6) is 5.75 Å². The molecule has 94 valence electrons. The van der Waals surface area contributed by atoms with E-state index in [9.17, 15) is 5.11 Å². The van der Waals surface area contributed by atoms with Crippen LogP contribution in [-0.2, 0) is 0 Å². The second-order valence-electron chi connectivity index (χ2n) is 3.68. The molecular formula is C13H14N2O2S. The van der Waals surface area contributed by atoms with Crippen molar-refractivity contribution in [2.45, 2.75) is 23.1 Å². The minimum atomic E-state index is -0.604. The van der Waals surface area contributed by atoms with Crippen LogP contribution in [0.4, 0.5) is 0 Å². The second kappa shape index (κ2) is 5.84. The van der Waals surface area contributed by atoms with E-state index in [0.717, 1.165) is 10.5 Å². The Morgan fingerprint density at radius 2 is 1.94 bits per heavy atom. The molecule has 0 aliphatic rings. The van der Waals surface area contributed by atoms with Gasteiger partial charge in [-0.2, -0.15) is 0 Å². The van der Waals surface area contributed by atoms with Crippen molar-refractivity contribution in [3.05, 3.63) is 42.2 Å². The molecule has 0 fully saturated rings. The van der Waals surface area contributed by atoms with Gasteiger partial charge < -0.3 is 9.84 Å². The summed E-state index contributed by atoms with van der Waals surface area (Å²) in [6.07, 6.45) is 2.78. The highest BCUT2D eigenvalue weighted by atomic mass is 32.2. The van der Waals surface area contributed by atoms with Crippen molar-refractivity contribution in [1.29, 1.82) is 0 Å². The van der Waals surface area contributed by atoms with E-state index in [4.69, 9.17) is 4.74 Å². The van der Waals surface area contributed by atoms with E-state index >= 15 is 0 Å². The summed E-state index contributed by atoms with van der Waals surface area (Å²) < 4.78 is 5.27. The zero-order valence-electron chi connectivity index (χ0n) is 10.2. The highest BCUT2D eigenvalue weighted by molar-refractivity contribution is 7.99. The van der Waals surface area contributed by atoms with E-state index in [1.54, 1.807) is 32.5 Å². The standard InChI is InChI=1S/C13H14N2O2S/c1-9(16)12-10(17-2)5-3-6-11(12)18-13-14-7-4-8-15-13/h3-9,16H,1-2H3/t9-/m0/s1. The van der Waals surface area contributed by atoms with Crippen molar-refractivity contribution in [3.8, 4) is 5.75 Å². The molecule has 0 spiro atoms. The van der Waals surface area contributed by atoms with Crippen LogP contribution in [0.3, 0.4) is 0 Å². The van der Waals surface area contributed by atoms with Crippen molar-refractivity contribution in [1.82, 2.24) is 9.97 Å². The van der Waals surface area contributed by atoms with Crippen LogP contribution in [0.15, 0.2) is 46.7 Å². The van der Waals surface area contributed by atoms with Gasteiger partial charge in [0.25, 0.3) is 0 Å². The van der Waals surface area contributed by atoms with E-state index in [-0.39, 0.29) is 0 Å². The van der Waals surface area contributed by atoms with E-state index < -0.39 is 6.10 Å². The predicted octanol–water partition coefficient (Wildman–Crippen LogP) is 2.69. The molecule has 0 aliphatic carbocycles. The summed E-state index contributed by atoms with van der Waals surface area (Å²) in [5.74, 6) is 0.672. The summed E-state index contributed by atoms with van der Waals surface area (Å²) in [7, 11) is 1.59. The van der Waals surface area contributed by atoms with Crippen LogP contribution in [0.2, 0.25) is 0 Å². The van der Waals surface area contributed by atoms with Gasteiger partial charge in [-0.05, 0) is 36.9 Å². The highest BCUT2D eigenvalue weighted by Gasteiger charge is 2.15. The molecule has 1 N–H and O–H groups in total. The van der Waals surface area contributed by atoms with Gasteiger partial charge in [-0.3, -0.25) is 0 Å². The summed E-state index contributed by atoms with van der Waals surface area (Å²) >= 11 is 1.41. The number of nitrogens with zero attached hydrogens (tertiary/aromatic N) is 2. The first-order valence-electron chi connectivity index (χ1n) is 5.52. The number of rotatable bonds is 4. The Bertz CT molecular complexity index is 518. The fourth-order valence-corrected chi connectivity index (χ4v) is 2.59. The first-order chi connectivity index (χ1) is 8.72. The average Bonchev–Trinajstić information content (AvgIpc) is 2.39. The van der Waals surface area contributed by atoms with Crippen LogP contribution in [0.1, 0.15) is 18.6 Å². The molecule has 0 bridgehead atoms. The number of ether oxygens (including phenoxy) is 1. The fourth-order valence-electron chi connectivity index (χ4n) is 1.64. The molecule has 2 rings (SSSR count). The Balaban J connectivity index is 2.38. The summed E-state index contributed by atoms with van der Waals surface area (Å²) in [4.78, 5) is 9.22. The monoisotopic (exact) mass is 262 g/mol. The van der Waals surface area contributed by atoms with Crippen molar-refractivity contribution in [2.24, 2.45) is 0 Å². The SMILES string of the molecule is COc1cccc(Sc2ncccn2)c1[C@H](C)O. The number of benzene rings is 1. The van der Waals surface area contributed by atoms with Crippen LogP contribution in [0, 0.1) is 0 Å². The van der Waals surface area contributed by atoms with Gasteiger partial charge in [0.15, 0.2) is 5.16 Å². The smallest absolute Gasteiger partial charge is 0.192 e. The first-order valence-corrected chi connectivity index (χ1v) is 6.34. The van der Waals surface area contributed by atoms with Crippen molar-refractivity contribution in [3.63, 3.8) is 0 Å². The molecule has 1 aromatic heterocycles. The Kier molecular flexibility index (Phi) is 4.17. The third-order valence-corrected chi connectivity index (χ3v) is 3.38. The third kappa shape index (κ3) is 2.80. The molecule has 0 amide bonds. The Labute approximate surface area is 110 Å². The zero-order chi connectivity index (χ0) is 13.0. The van der Waals surface area contributed by atoms with Gasteiger partial charge in [-0.25, -0.2) is 9.97 Å². The predicted molar refractivity (Wildman–Crippen MR) is 69.8 cm³/mol. The topological polar surface area (TPSA) is 55.2 Å². The van der Waals surface area contributed by atoms with Gasteiger partial charge in [0.2, 0.25) is 0 Å². The van der Waals surface area contributed by atoms with Gasteiger partial charge >= 0.3 is 0 Å². The van der Waals surface area contributed by atoms with Gasteiger partial charge in [-0.1, -0.05) is 6.07 Å². The van der Waals surface area contributed by atoms with E-state index in [0.29, 0.717) is 10.9 Å². The lowest BCUT2D eigenvalue weighted by Gasteiger charge is -2.14. The normalized spacial score (nSPS) is 12.2. The summed E-state index contributed by atoms with van der Waals surface area (Å²) in [5, 5.41) is 10.5. The molecule has 18 heavy (non-hydrogen) atoms. The maximum Gasteiger partial charge on any atom is 0.192 e. The van der Waals surface area contributed by atoms with E-state index in [1.165, 1.54) is 11.8 Å². The van der Waals surface area contributed by atoms with Crippen molar-refractivity contribution in [2.75, 3.05) is 7.11 Å². The highest BCUT2D eigenvalue weighted by Crippen LogP contribution is 2.36. The molecule has 1 atom stereocenters. The summed E-state index contributed by atoms with van der Waals surface area (Å²) in [6.45, 7) is 1.72. The van der Waals surface area contributed by atoms with Gasteiger partial charge in [0, 0.05) is 22.9 Å². The maximum atomic E-state index is 9.86. The molecule has 1 aromatic carbocycles. The summed E-state index contributed by atoms with van der Waals surface area (Å²) in [5.41, 5.74) is 0.762. The molecule has 5 heteroatoms. The van der Waals surface area contributed by atoms with Gasteiger partial charge in [0.05, 0.1) is 13.2 Å². The molecule has 2 aromatic rings. The number of hydrogen-bond donors (Lipinski definition) is 1. The number of hydrogen-bond acceptors (Lipinski definition) is 5. The number of aromatic nitrogens is 2. The molecule has 0 saturated carbocycles. The summed E-state index contributed by atoms with van der Waals surface area (Å²) in [6, 6.07) is 7.41. The van der Waals surface area contributed by atoms with Crippen LogP contribution in [-0.4, -0.2) is 22.2 Å².